The molecule has 0 saturated carbocycles. The van der Waals surface area contributed by atoms with Crippen molar-refractivity contribution in [2.24, 2.45) is 0 Å². The molecule has 0 unspecified atom stereocenters. The summed E-state index contributed by atoms with van der Waals surface area (Å²) in [4.78, 5) is 14.0. The molecule has 0 aliphatic rings. The van der Waals surface area contributed by atoms with Gasteiger partial charge in [0, 0.05) is 32.0 Å². The van der Waals surface area contributed by atoms with E-state index in [0.717, 1.165) is 28.3 Å². The molecule has 0 atom stereocenters. The highest BCUT2D eigenvalue weighted by Crippen LogP contribution is 2.16. The van der Waals surface area contributed by atoms with Crippen LogP contribution in [0.1, 0.15) is 22.5 Å². The van der Waals surface area contributed by atoms with E-state index in [2.05, 4.69) is 10.4 Å². The van der Waals surface area contributed by atoms with Crippen LogP contribution in [0.4, 0.5) is 4.79 Å². The number of urea groups is 1. The number of nitrogens with one attached hydrogen (secondary N) is 1. The number of aromatic nitrogens is 2. The summed E-state index contributed by atoms with van der Waals surface area (Å²) in [5, 5.41) is 7.47. The maximum Gasteiger partial charge on any atom is 0.317 e. The molecule has 148 valence electrons. The summed E-state index contributed by atoms with van der Waals surface area (Å²) in [5.41, 5.74) is 4.11. The fourth-order valence-electron chi connectivity index (χ4n) is 2.80. The summed E-state index contributed by atoms with van der Waals surface area (Å²) in [6, 6.07) is 7.72. The fourth-order valence-corrected chi connectivity index (χ4v) is 2.80. The van der Waals surface area contributed by atoms with Crippen molar-refractivity contribution in [1.29, 1.82) is 0 Å². The van der Waals surface area contributed by atoms with Crippen molar-refractivity contribution in [3.63, 3.8) is 0 Å². The third-order valence-corrected chi connectivity index (χ3v) is 4.58. The second kappa shape index (κ2) is 9.97. The smallest absolute Gasteiger partial charge is 0.317 e. The zero-order valence-corrected chi connectivity index (χ0v) is 16.9. The second-order valence-corrected chi connectivity index (χ2v) is 6.56. The topological polar surface area (TPSA) is 68.6 Å². The molecule has 0 radical (unpaired) electrons. The fraction of sp³-hybridized carbons (Fsp3) is 0.500. The normalized spacial score (nSPS) is 10.7. The molecule has 0 fully saturated rings. The first-order valence-corrected chi connectivity index (χ1v) is 9.13. The highest BCUT2D eigenvalue weighted by Gasteiger charge is 2.14. The number of hydrogen-bond donors (Lipinski definition) is 1. The molecule has 1 N–H and O–H groups in total. The van der Waals surface area contributed by atoms with Crippen molar-refractivity contribution in [3.05, 3.63) is 46.8 Å². The van der Waals surface area contributed by atoms with Gasteiger partial charge in [0.25, 0.3) is 0 Å². The zero-order chi connectivity index (χ0) is 19.8. The third-order valence-electron chi connectivity index (χ3n) is 4.58. The van der Waals surface area contributed by atoms with Crippen molar-refractivity contribution in [2.45, 2.75) is 33.9 Å². The van der Waals surface area contributed by atoms with Gasteiger partial charge in [-0.15, -0.1) is 0 Å². The van der Waals surface area contributed by atoms with Crippen molar-refractivity contribution in [2.75, 3.05) is 33.9 Å². The number of hydrogen-bond acceptors (Lipinski definition) is 4. The van der Waals surface area contributed by atoms with E-state index < -0.39 is 0 Å². The highest BCUT2D eigenvalue weighted by molar-refractivity contribution is 5.73. The van der Waals surface area contributed by atoms with Gasteiger partial charge in [-0.25, -0.2) is 4.79 Å². The first kappa shape index (κ1) is 20.8. The number of methoxy groups -OCH3 is 1. The number of aryl methyl sites for hydroxylation is 2. The maximum absolute atomic E-state index is 12.3. The van der Waals surface area contributed by atoms with Crippen molar-refractivity contribution >= 4 is 6.03 Å². The molecular formula is C20H30N4O3. The SMILES string of the molecule is COCCn1nc(C)c(CNC(=O)N(C)CCOc2ccccc2C)c1C. The van der Waals surface area contributed by atoms with Crippen molar-refractivity contribution in [3.8, 4) is 5.75 Å². The lowest BCUT2D eigenvalue weighted by molar-refractivity contribution is 0.182. The van der Waals surface area contributed by atoms with E-state index in [-0.39, 0.29) is 6.03 Å². The Morgan fingerprint density at radius 3 is 2.67 bits per heavy atom. The lowest BCUT2D eigenvalue weighted by Crippen LogP contribution is -2.39. The lowest BCUT2D eigenvalue weighted by atomic mass is 10.2. The van der Waals surface area contributed by atoms with Gasteiger partial charge in [-0.3, -0.25) is 4.68 Å². The Morgan fingerprint density at radius 1 is 1.22 bits per heavy atom. The first-order valence-electron chi connectivity index (χ1n) is 9.13. The molecule has 0 aliphatic heterocycles. The minimum absolute atomic E-state index is 0.133. The van der Waals surface area contributed by atoms with Crippen LogP contribution in [0.15, 0.2) is 24.3 Å². The van der Waals surface area contributed by atoms with Crippen molar-refractivity contribution in [1.82, 2.24) is 20.0 Å². The molecular weight excluding hydrogens is 344 g/mol. The molecule has 27 heavy (non-hydrogen) atoms. The van der Waals surface area contributed by atoms with Gasteiger partial charge in [0.2, 0.25) is 0 Å². The van der Waals surface area contributed by atoms with Gasteiger partial charge in [0.1, 0.15) is 12.4 Å². The standard InChI is InChI=1S/C20H30N4O3/c1-15-8-6-7-9-19(15)27-13-10-23(4)20(25)21-14-18-16(2)22-24(17(18)3)11-12-26-5/h6-9H,10-14H2,1-5H3,(H,21,25). The van der Waals surface area contributed by atoms with Crippen LogP contribution in [-0.4, -0.2) is 54.6 Å². The molecule has 0 aliphatic carbocycles. The molecule has 1 heterocycles. The van der Waals surface area contributed by atoms with E-state index in [1.165, 1.54) is 0 Å². The maximum atomic E-state index is 12.3. The van der Waals surface area contributed by atoms with Crippen molar-refractivity contribution < 1.29 is 14.3 Å². The molecule has 0 bridgehead atoms. The van der Waals surface area contributed by atoms with Crippen LogP contribution >= 0.6 is 0 Å². The Morgan fingerprint density at radius 2 is 1.96 bits per heavy atom. The van der Waals surface area contributed by atoms with Gasteiger partial charge in [0.05, 0.1) is 25.4 Å². The molecule has 0 saturated heterocycles. The molecule has 7 nitrogen and oxygen atoms in total. The van der Waals surface area contributed by atoms with Gasteiger partial charge in [0.15, 0.2) is 0 Å². The van der Waals surface area contributed by atoms with Crippen LogP contribution < -0.4 is 10.1 Å². The largest absolute Gasteiger partial charge is 0.491 e. The third kappa shape index (κ3) is 5.72. The van der Waals surface area contributed by atoms with Crippen LogP contribution in [-0.2, 0) is 17.8 Å². The summed E-state index contributed by atoms with van der Waals surface area (Å²) in [6.45, 7) is 8.68. The van der Waals surface area contributed by atoms with Gasteiger partial charge in [-0.1, -0.05) is 18.2 Å². The van der Waals surface area contributed by atoms with E-state index in [1.54, 1.807) is 19.1 Å². The molecule has 1 aromatic carbocycles. The predicted molar refractivity (Wildman–Crippen MR) is 105 cm³/mol. The number of para-hydroxylation sites is 1. The number of carbonyl (C=O) groups excluding carboxylic acids is 1. The van der Waals surface area contributed by atoms with Gasteiger partial charge < -0.3 is 19.7 Å². The first-order chi connectivity index (χ1) is 12.9. The summed E-state index contributed by atoms with van der Waals surface area (Å²) >= 11 is 0. The quantitative estimate of drug-likeness (QED) is 0.733. The van der Waals surface area contributed by atoms with Crippen LogP contribution in [0.5, 0.6) is 5.75 Å². The molecule has 7 heteroatoms. The summed E-state index contributed by atoms with van der Waals surface area (Å²) in [5.74, 6) is 0.848. The molecule has 2 rings (SSSR count). The van der Waals surface area contributed by atoms with Crippen LogP contribution in [0.3, 0.4) is 0 Å². The number of ether oxygens (including phenoxy) is 2. The molecule has 2 amide bonds. The minimum atomic E-state index is -0.133. The monoisotopic (exact) mass is 374 g/mol. The van der Waals surface area contributed by atoms with Crippen LogP contribution in [0.2, 0.25) is 0 Å². The molecule has 0 spiro atoms. The van der Waals surface area contributed by atoms with Crippen LogP contribution in [0.25, 0.3) is 0 Å². The average Bonchev–Trinajstić information content (AvgIpc) is 2.92. The number of likely N-dealkylation sites (N-methyl/N-ethyl adjacent to an activating group) is 1. The van der Waals surface area contributed by atoms with E-state index in [1.807, 2.05) is 49.7 Å². The predicted octanol–water partition coefficient (Wildman–Crippen LogP) is 2.68. The van der Waals surface area contributed by atoms with Crippen LogP contribution in [0, 0.1) is 20.8 Å². The highest BCUT2D eigenvalue weighted by atomic mass is 16.5. The van der Waals surface area contributed by atoms with E-state index in [0.29, 0.717) is 32.8 Å². The Labute approximate surface area is 161 Å². The summed E-state index contributed by atoms with van der Waals surface area (Å²) < 4.78 is 12.8. The Kier molecular flexibility index (Phi) is 7.67. The Bertz CT molecular complexity index is 758. The number of amides is 2. The number of benzene rings is 1. The zero-order valence-electron chi connectivity index (χ0n) is 16.9. The molecule has 2 aromatic rings. The Balaban J connectivity index is 1.81. The lowest BCUT2D eigenvalue weighted by Gasteiger charge is -2.19. The van der Waals surface area contributed by atoms with Gasteiger partial charge in [-0.2, -0.15) is 5.10 Å². The van der Waals surface area contributed by atoms with Gasteiger partial charge in [-0.05, 0) is 32.4 Å². The molecule has 1 aromatic heterocycles. The van der Waals surface area contributed by atoms with E-state index in [4.69, 9.17) is 9.47 Å². The minimum Gasteiger partial charge on any atom is -0.491 e. The van der Waals surface area contributed by atoms with E-state index >= 15 is 0 Å². The summed E-state index contributed by atoms with van der Waals surface area (Å²) in [6.07, 6.45) is 0. The number of carbonyl (C=O) groups is 1. The number of rotatable bonds is 9. The second-order valence-electron chi connectivity index (χ2n) is 6.56. The van der Waals surface area contributed by atoms with Gasteiger partial charge >= 0.3 is 6.03 Å². The van der Waals surface area contributed by atoms with E-state index in [9.17, 15) is 4.79 Å². The average molecular weight is 374 g/mol. The summed E-state index contributed by atoms with van der Waals surface area (Å²) in [7, 11) is 3.43. The number of nitrogens with zero attached hydrogens (tertiary/aromatic N) is 3. The Hall–Kier alpha value is -2.54.